The molecule has 0 unspecified atom stereocenters. The summed E-state index contributed by atoms with van der Waals surface area (Å²) in [6.07, 6.45) is 3.47. The fourth-order valence-electron chi connectivity index (χ4n) is 2.64. The number of para-hydroxylation sites is 2. The molecule has 0 amide bonds. The largest absolute Gasteiger partial charge is 0.318 e. The number of benzene rings is 2. The topological polar surface area (TPSA) is 32.3 Å². The molecule has 21 heavy (non-hydrogen) atoms. The second kappa shape index (κ2) is 4.90. The van der Waals surface area contributed by atoms with Crippen molar-refractivity contribution in [1.29, 1.82) is 0 Å². The number of rotatable bonds is 2. The van der Waals surface area contributed by atoms with Crippen LogP contribution in [0.3, 0.4) is 0 Å². The van der Waals surface area contributed by atoms with Gasteiger partial charge in [0.25, 0.3) is 0 Å². The van der Waals surface area contributed by atoms with E-state index in [9.17, 15) is 0 Å². The van der Waals surface area contributed by atoms with Crippen LogP contribution >= 0.6 is 0 Å². The van der Waals surface area contributed by atoms with Gasteiger partial charge >= 0.3 is 0 Å². The molecule has 1 aliphatic rings. The van der Waals surface area contributed by atoms with E-state index in [0.29, 0.717) is 0 Å². The van der Waals surface area contributed by atoms with Crippen molar-refractivity contribution in [2.24, 2.45) is 0 Å². The number of hydrogen-bond donors (Lipinski definition) is 0. The Morgan fingerprint density at radius 1 is 0.762 bits per heavy atom. The monoisotopic (exact) mass is 274 g/mol. The van der Waals surface area contributed by atoms with Crippen LogP contribution in [0.15, 0.2) is 73.2 Å². The quantitative estimate of drug-likeness (QED) is 0.713. The highest BCUT2D eigenvalue weighted by Gasteiger charge is 2.29. The van der Waals surface area contributed by atoms with Gasteiger partial charge in [0.15, 0.2) is 5.82 Å². The first-order chi connectivity index (χ1) is 10.4. The molecule has 0 fully saturated rings. The molecule has 2 heterocycles. The summed E-state index contributed by atoms with van der Waals surface area (Å²) in [6, 6.07) is 20.6. The molecular formula is C17H14N4. The molecule has 0 N–H and O–H groups in total. The lowest BCUT2D eigenvalue weighted by Crippen LogP contribution is -2.23. The van der Waals surface area contributed by atoms with Crippen LogP contribution in [-0.2, 0) is 0 Å². The van der Waals surface area contributed by atoms with Crippen LogP contribution in [0, 0.1) is 0 Å². The van der Waals surface area contributed by atoms with Crippen molar-refractivity contribution >= 4 is 22.9 Å². The van der Waals surface area contributed by atoms with Crippen molar-refractivity contribution in [2.75, 3.05) is 16.5 Å². The van der Waals surface area contributed by atoms with Crippen molar-refractivity contribution in [1.82, 2.24) is 9.97 Å². The van der Waals surface area contributed by atoms with Gasteiger partial charge < -0.3 is 9.80 Å². The molecule has 0 saturated carbocycles. The molecule has 0 spiro atoms. The number of nitrogens with zero attached hydrogens (tertiary/aromatic N) is 4. The van der Waals surface area contributed by atoms with Gasteiger partial charge in [-0.1, -0.05) is 36.4 Å². The maximum absolute atomic E-state index is 4.47. The summed E-state index contributed by atoms with van der Waals surface area (Å²) in [7, 11) is 0. The first kappa shape index (κ1) is 11.9. The minimum atomic E-state index is 0.738. The summed E-state index contributed by atoms with van der Waals surface area (Å²) in [5, 5.41) is 0. The van der Waals surface area contributed by atoms with E-state index < -0.39 is 0 Å². The maximum Gasteiger partial charge on any atom is 0.162 e. The lowest BCUT2D eigenvalue weighted by Gasteiger charge is -2.21. The number of aromatic nitrogens is 2. The van der Waals surface area contributed by atoms with E-state index in [4.69, 9.17) is 0 Å². The van der Waals surface area contributed by atoms with Gasteiger partial charge in [-0.05, 0) is 24.3 Å². The van der Waals surface area contributed by atoms with Gasteiger partial charge in [-0.3, -0.25) is 0 Å². The molecule has 1 aromatic heterocycles. The Morgan fingerprint density at radius 3 is 2.05 bits per heavy atom. The second-order valence-corrected chi connectivity index (χ2v) is 4.90. The molecule has 2 aromatic carbocycles. The number of hydrogen-bond acceptors (Lipinski definition) is 4. The number of anilines is 4. The van der Waals surface area contributed by atoms with Crippen LogP contribution in [0.5, 0.6) is 0 Å². The molecule has 4 rings (SSSR count). The van der Waals surface area contributed by atoms with Gasteiger partial charge in [-0.15, -0.1) is 0 Å². The summed E-state index contributed by atoms with van der Waals surface area (Å²) in [5.41, 5.74) is 3.32. The summed E-state index contributed by atoms with van der Waals surface area (Å²) in [6.45, 7) is 0.738. The Morgan fingerprint density at radius 2 is 1.38 bits per heavy atom. The Balaban J connectivity index is 1.81. The van der Waals surface area contributed by atoms with Gasteiger partial charge in [0.1, 0.15) is 18.7 Å². The van der Waals surface area contributed by atoms with Crippen molar-refractivity contribution in [3.63, 3.8) is 0 Å². The fourth-order valence-corrected chi connectivity index (χ4v) is 2.64. The van der Waals surface area contributed by atoms with Crippen LogP contribution in [0.25, 0.3) is 0 Å². The molecule has 0 bridgehead atoms. The van der Waals surface area contributed by atoms with E-state index >= 15 is 0 Å². The molecule has 0 saturated heterocycles. The van der Waals surface area contributed by atoms with Crippen LogP contribution in [-0.4, -0.2) is 16.6 Å². The smallest absolute Gasteiger partial charge is 0.162 e. The normalized spacial score (nSPS) is 13.3. The minimum absolute atomic E-state index is 0.738. The van der Waals surface area contributed by atoms with Gasteiger partial charge in [0.2, 0.25) is 0 Å². The molecule has 4 nitrogen and oxygen atoms in total. The zero-order chi connectivity index (χ0) is 14.1. The third-order valence-corrected chi connectivity index (χ3v) is 3.64. The van der Waals surface area contributed by atoms with Gasteiger partial charge in [-0.2, -0.15) is 0 Å². The van der Waals surface area contributed by atoms with Crippen LogP contribution in [0.1, 0.15) is 0 Å². The SMILES string of the molecule is c1ccc(N2CN(c3ccccc3)c3ncncc32)cc1. The maximum atomic E-state index is 4.47. The van der Waals surface area contributed by atoms with E-state index in [1.807, 2.05) is 42.6 Å². The van der Waals surface area contributed by atoms with Crippen molar-refractivity contribution in [3.8, 4) is 0 Å². The average molecular weight is 274 g/mol. The first-order valence-electron chi connectivity index (χ1n) is 6.89. The third-order valence-electron chi connectivity index (χ3n) is 3.64. The summed E-state index contributed by atoms with van der Waals surface area (Å²) in [4.78, 5) is 13.1. The first-order valence-corrected chi connectivity index (χ1v) is 6.89. The molecule has 0 aliphatic carbocycles. The Kier molecular flexibility index (Phi) is 2.78. The van der Waals surface area contributed by atoms with Crippen molar-refractivity contribution in [3.05, 3.63) is 73.2 Å². The highest BCUT2D eigenvalue weighted by molar-refractivity contribution is 5.83. The van der Waals surface area contributed by atoms with Gasteiger partial charge in [-0.25, -0.2) is 9.97 Å². The molecular weight excluding hydrogens is 260 g/mol. The summed E-state index contributed by atoms with van der Waals surface area (Å²) >= 11 is 0. The predicted octanol–water partition coefficient (Wildman–Crippen LogP) is 3.72. The van der Waals surface area contributed by atoms with Crippen molar-refractivity contribution < 1.29 is 0 Å². The van der Waals surface area contributed by atoms with E-state index in [2.05, 4.69) is 44.0 Å². The van der Waals surface area contributed by atoms with Crippen LogP contribution < -0.4 is 9.80 Å². The third kappa shape index (κ3) is 2.01. The Bertz CT molecular complexity index is 679. The summed E-state index contributed by atoms with van der Waals surface area (Å²) < 4.78 is 0. The zero-order valence-electron chi connectivity index (χ0n) is 11.4. The average Bonchev–Trinajstić information content (AvgIpc) is 2.96. The van der Waals surface area contributed by atoms with Crippen LogP contribution in [0.2, 0.25) is 0 Å². The van der Waals surface area contributed by atoms with E-state index in [1.54, 1.807) is 6.33 Å². The molecule has 3 aromatic rings. The molecule has 0 atom stereocenters. The molecule has 102 valence electrons. The Labute approximate surface area is 123 Å². The van der Waals surface area contributed by atoms with E-state index in [1.165, 1.54) is 0 Å². The van der Waals surface area contributed by atoms with Gasteiger partial charge in [0, 0.05) is 11.4 Å². The Hall–Kier alpha value is -2.88. The lowest BCUT2D eigenvalue weighted by molar-refractivity contribution is 0.981. The minimum Gasteiger partial charge on any atom is -0.318 e. The number of fused-ring (bicyclic) bond motifs is 1. The molecule has 1 aliphatic heterocycles. The van der Waals surface area contributed by atoms with Gasteiger partial charge in [0.05, 0.1) is 6.20 Å². The van der Waals surface area contributed by atoms with Crippen LogP contribution in [0.4, 0.5) is 22.9 Å². The highest BCUT2D eigenvalue weighted by Crippen LogP contribution is 2.41. The van der Waals surface area contributed by atoms with E-state index in [0.717, 1.165) is 29.5 Å². The molecule has 0 radical (unpaired) electrons. The predicted molar refractivity (Wildman–Crippen MR) is 84.1 cm³/mol. The lowest BCUT2D eigenvalue weighted by atomic mass is 10.3. The summed E-state index contributed by atoms with van der Waals surface area (Å²) in [5.74, 6) is 0.944. The highest BCUT2D eigenvalue weighted by atomic mass is 15.4. The molecule has 4 heteroatoms. The fraction of sp³-hybridized carbons (Fsp3) is 0.0588. The van der Waals surface area contributed by atoms with E-state index in [-0.39, 0.29) is 0 Å². The second-order valence-electron chi connectivity index (χ2n) is 4.90. The standard InChI is InChI=1S/C17H14N4/c1-3-7-14(8-4-1)20-13-21(15-9-5-2-6-10-15)17-16(20)11-18-12-19-17/h1-12H,13H2. The zero-order valence-corrected chi connectivity index (χ0v) is 11.4. The van der Waals surface area contributed by atoms with Crippen molar-refractivity contribution in [2.45, 2.75) is 0 Å².